The Morgan fingerprint density at radius 1 is 1.04 bits per heavy atom. The largest absolute Gasteiger partial charge is 0.322 e. The van der Waals surface area contributed by atoms with E-state index in [1.54, 1.807) is 18.3 Å². The van der Waals surface area contributed by atoms with E-state index in [0.717, 1.165) is 27.7 Å². The maximum atomic E-state index is 12.2. The van der Waals surface area contributed by atoms with Gasteiger partial charge in [0.25, 0.3) is 0 Å². The van der Waals surface area contributed by atoms with Crippen molar-refractivity contribution in [2.45, 2.75) is 13.8 Å². The molecule has 1 aromatic heterocycles. The lowest BCUT2D eigenvalue weighted by Crippen LogP contribution is -2.08. The van der Waals surface area contributed by atoms with Gasteiger partial charge >= 0.3 is 0 Å². The predicted octanol–water partition coefficient (Wildman–Crippen LogP) is 4.50. The summed E-state index contributed by atoms with van der Waals surface area (Å²) in [6.45, 7) is 4.11. The predicted molar refractivity (Wildman–Crippen MR) is 95.3 cm³/mol. The molecular formula is C20H18N2O. The number of benzene rings is 2. The van der Waals surface area contributed by atoms with Crippen LogP contribution in [-0.2, 0) is 4.79 Å². The van der Waals surface area contributed by atoms with Gasteiger partial charge in [-0.15, -0.1) is 0 Å². The van der Waals surface area contributed by atoms with E-state index >= 15 is 0 Å². The molecule has 1 N–H and O–H groups in total. The standard InChI is InChI=1S/C20H18N2O/c1-14-8-10-17-18(12-13-21-20(17)15(14)2)22-19(23)11-9-16-6-4-3-5-7-16/h3-13H,1-2H3,(H,21,22,23)/b11-9+. The molecule has 3 rings (SSSR count). The monoisotopic (exact) mass is 302 g/mol. The normalized spacial score (nSPS) is 11.0. The number of fused-ring (bicyclic) bond motifs is 1. The van der Waals surface area contributed by atoms with Crippen molar-refractivity contribution >= 4 is 28.6 Å². The Hall–Kier alpha value is -2.94. The Labute approximate surface area is 135 Å². The van der Waals surface area contributed by atoms with Gasteiger partial charge in [0.1, 0.15) is 0 Å². The van der Waals surface area contributed by atoms with Gasteiger partial charge in [0.15, 0.2) is 0 Å². The fourth-order valence-electron chi connectivity index (χ4n) is 2.48. The second-order valence-corrected chi connectivity index (χ2v) is 5.50. The van der Waals surface area contributed by atoms with E-state index in [1.165, 1.54) is 5.56 Å². The number of nitrogens with one attached hydrogen (secondary N) is 1. The summed E-state index contributed by atoms with van der Waals surface area (Å²) < 4.78 is 0. The zero-order valence-electron chi connectivity index (χ0n) is 13.2. The van der Waals surface area contributed by atoms with E-state index in [4.69, 9.17) is 0 Å². The number of pyridine rings is 1. The van der Waals surface area contributed by atoms with Crippen LogP contribution >= 0.6 is 0 Å². The number of nitrogens with zero attached hydrogens (tertiary/aromatic N) is 1. The van der Waals surface area contributed by atoms with Gasteiger partial charge in [-0.25, -0.2) is 0 Å². The molecule has 0 aliphatic carbocycles. The first-order valence-electron chi connectivity index (χ1n) is 7.54. The van der Waals surface area contributed by atoms with Crippen LogP contribution in [0.15, 0.2) is 60.8 Å². The average molecular weight is 302 g/mol. The fraction of sp³-hybridized carbons (Fsp3) is 0.100. The zero-order chi connectivity index (χ0) is 16.2. The van der Waals surface area contributed by atoms with E-state index in [0.29, 0.717) is 0 Å². The summed E-state index contributed by atoms with van der Waals surface area (Å²) in [7, 11) is 0. The number of hydrogen-bond acceptors (Lipinski definition) is 2. The highest BCUT2D eigenvalue weighted by Crippen LogP contribution is 2.25. The molecule has 0 unspecified atom stereocenters. The van der Waals surface area contributed by atoms with Crippen molar-refractivity contribution in [3.63, 3.8) is 0 Å². The van der Waals surface area contributed by atoms with Crippen LogP contribution in [0.5, 0.6) is 0 Å². The van der Waals surface area contributed by atoms with Crippen molar-refractivity contribution in [1.29, 1.82) is 0 Å². The summed E-state index contributed by atoms with van der Waals surface area (Å²) in [6.07, 6.45) is 5.07. The second kappa shape index (κ2) is 6.44. The van der Waals surface area contributed by atoms with Crippen LogP contribution in [0.4, 0.5) is 5.69 Å². The highest BCUT2D eigenvalue weighted by molar-refractivity contribution is 6.07. The van der Waals surface area contributed by atoms with Crippen molar-refractivity contribution in [3.8, 4) is 0 Å². The first-order chi connectivity index (χ1) is 11.1. The second-order valence-electron chi connectivity index (χ2n) is 5.50. The van der Waals surface area contributed by atoms with Gasteiger partial charge in [-0.3, -0.25) is 9.78 Å². The lowest BCUT2D eigenvalue weighted by molar-refractivity contribution is -0.111. The Bertz CT molecular complexity index is 883. The first kappa shape index (κ1) is 15.0. The number of amides is 1. The summed E-state index contributed by atoms with van der Waals surface area (Å²) in [5, 5.41) is 3.89. The molecular weight excluding hydrogens is 284 g/mol. The van der Waals surface area contributed by atoms with Gasteiger partial charge in [-0.1, -0.05) is 42.5 Å². The molecule has 0 fully saturated rings. The molecule has 114 valence electrons. The Morgan fingerprint density at radius 3 is 2.61 bits per heavy atom. The smallest absolute Gasteiger partial charge is 0.248 e. The lowest BCUT2D eigenvalue weighted by atomic mass is 10.0. The summed E-state index contributed by atoms with van der Waals surface area (Å²) in [6, 6.07) is 15.6. The first-order valence-corrected chi connectivity index (χ1v) is 7.54. The average Bonchev–Trinajstić information content (AvgIpc) is 2.58. The minimum atomic E-state index is -0.153. The van der Waals surface area contributed by atoms with Crippen molar-refractivity contribution in [2.24, 2.45) is 0 Å². The van der Waals surface area contributed by atoms with Gasteiger partial charge in [-0.2, -0.15) is 0 Å². The maximum Gasteiger partial charge on any atom is 0.248 e. The van der Waals surface area contributed by atoms with Gasteiger partial charge in [0, 0.05) is 17.7 Å². The highest BCUT2D eigenvalue weighted by Gasteiger charge is 2.07. The molecule has 3 aromatic rings. The summed E-state index contributed by atoms with van der Waals surface area (Å²) >= 11 is 0. The number of aryl methyl sites for hydroxylation is 2. The van der Waals surface area contributed by atoms with Crippen LogP contribution in [0.1, 0.15) is 16.7 Å². The molecule has 0 radical (unpaired) electrons. The molecule has 0 bridgehead atoms. The third kappa shape index (κ3) is 3.29. The molecule has 2 aromatic carbocycles. The molecule has 1 heterocycles. The summed E-state index contributed by atoms with van der Waals surface area (Å²) in [5.41, 5.74) is 5.03. The number of anilines is 1. The zero-order valence-corrected chi connectivity index (χ0v) is 13.2. The number of aromatic nitrogens is 1. The van der Waals surface area contributed by atoms with E-state index in [2.05, 4.69) is 23.3 Å². The molecule has 0 atom stereocenters. The van der Waals surface area contributed by atoms with Gasteiger partial charge in [0.2, 0.25) is 5.91 Å². The minimum Gasteiger partial charge on any atom is -0.322 e. The van der Waals surface area contributed by atoms with Crippen LogP contribution in [0.3, 0.4) is 0 Å². The molecule has 1 amide bonds. The third-order valence-corrected chi connectivity index (χ3v) is 3.92. The van der Waals surface area contributed by atoms with E-state index in [9.17, 15) is 4.79 Å². The SMILES string of the molecule is Cc1ccc2c(NC(=O)/C=C/c3ccccc3)ccnc2c1C. The Morgan fingerprint density at radius 2 is 1.83 bits per heavy atom. The molecule has 0 aliphatic rings. The Kier molecular flexibility index (Phi) is 4.20. The van der Waals surface area contributed by atoms with Crippen LogP contribution in [0.2, 0.25) is 0 Å². The van der Waals surface area contributed by atoms with Crippen LogP contribution < -0.4 is 5.32 Å². The van der Waals surface area contributed by atoms with Gasteiger partial charge in [-0.05, 0) is 42.7 Å². The summed E-state index contributed by atoms with van der Waals surface area (Å²) in [4.78, 5) is 16.6. The number of carbonyl (C=O) groups excluding carboxylic acids is 1. The van der Waals surface area contributed by atoms with E-state index in [-0.39, 0.29) is 5.91 Å². The highest BCUT2D eigenvalue weighted by atomic mass is 16.1. The number of carbonyl (C=O) groups is 1. The molecule has 3 nitrogen and oxygen atoms in total. The molecule has 0 aliphatic heterocycles. The maximum absolute atomic E-state index is 12.2. The summed E-state index contributed by atoms with van der Waals surface area (Å²) in [5.74, 6) is -0.153. The molecule has 3 heteroatoms. The third-order valence-electron chi connectivity index (χ3n) is 3.92. The van der Waals surface area contributed by atoms with Crippen LogP contribution in [0.25, 0.3) is 17.0 Å². The topological polar surface area (TPSA) is 42.0 Å². The molecule has 0 saturated carbocycles. The minimum absolute atomic E-state index is 0.153. The number of rotatable bonds is 3. The molecule has 0 saturated heterocycles. The van der Waals surface area contributed by atoms with Crippen molar-refractivity contribution in [1.82, 2.24) is 4.98 Å². The van der Waals surface area contributed by atoms with E-state index < -0.39 is 0 Å². The van der Waals surface area contributed by atoms with Crippen molar-refractivity contribution in [3.05, 3.63) is 77.5 Å². The number of hydrogen-bond donors (Lipinski definition) is 1. The molecule has 23 heavy (non-hydrogen) atoms. The van der Waals surface area contributed by atoms with E-state index in [1.807, 2.05) is 49.4 Å². The quantitative estimate of drug-likeness (QED) is 0.724. The van der Waals surface area contributed by atoms with Gasteiger partial charge in [0.05, 0.1) is 11.2 Å². The molecule has 0 spiro atoms. The van der Waals surface area contributed by atoms with Crippen LogP contribution in [-0.4, -0.2) is 10.9 Å². The van der Waals surface area contributed by atoms with Crippen LogP contribution in [0, 0.1) is 13.8 Å². The lowest BCUT2D eigenvalue weighted by Gasteiger charge is -2.09. The van der Waals surface area contributed by atoms with Gasteiger partial charge < -0.3 is 5.32 Å². The Balaban J connectivity index is 1.86. The van der Waals surface area contributed by atoms with Crippen molar-refractivity contribution in [2.75, 3.05) is 5.32 Å². The van der Waals surface area contributed by atoms with Crippen molar-refractivity contribution < 1.29 is 4.79 Å². The fourth-order valence-corrected chi connectivity index (χ4v) is 2.48.